The van der Waals surface area contributed by atoms with Gasteiger partial charge in [0.25, 0.3) is 0 Å². The predicted molar refractivity (Wildman–Crippen MR) is 84.2 cm³/mol. The number of hydrogen-bond donors (Lipinski definition) is 1. The molecule has 2 N–H and O–H groups in total. The Balaban J connectivity index is 2.31. The van der Waals surface area contributed by atoms with Crippen molar-refractivity contribution in [2.75, 3.05) is 7.05 Å². The molecule has 0 bridgehead atoms. The van der Waals surface area contributed by atoms with Crippen LogP contribution in [0.3, 0.4) is 0 Å². The summed E-state index contributed by atoms with van der Waals surface area (Å²) in [7, 11) is -1.95. The standard InChI is InChI=1S/C16H20N2O2S/c1-13-6-5-7-14(10-13)12-18(2)21(19,20)16-9-4-3-8-15(16)11-17/h3-10H,11-12,17H2,1-2H3. The molecule has 0 heterocycles. The van der Waals surface area contributed by atoms with Crippen molar-refractivity contribution in [1.29, 1.82) is 0 Å². The van der Waals surface area contributed by atoms with Crippen LogP contribution in [0.4, 0.5) is 0 Å². The first-order valence-electron chi connectivity index (χ1n) is 6.75. The lowest BCUT2D eigenvalue weighted by molar-refractivity contribution is 0.466. The Labute approximate surface area is 126 Å². The van der Waals surface area contributed by atoms with E-state index in [9.17, 15) is 8.42 Å². The topological polar surface area (TPSA) is 63.4 Å². The van der Waals surface area contributed by atoms with E-state index in [-0.39, 0.29) is 11.4 Å². The van der Waals surface area contributed by atoms with Crippen LogP contribution in [0.1, 0.15) is 16.7 Å². The van der Waals surface area contributed by atoms with Crippen LogP contribution < -0.4 is 5.73 Å². The van der Waals surface area contributed by atoms with Crippen LogP contribution in [-0.4, -0.2) is 19.8 Å². The van der Waals surface area contributed by atoms with Gasteiger partial charge in [-0.05, 0) is 24.1 Å². The van der Waals surface area contributed by atoms with Crippen LogP contribution in [0.15, 0.2) is 53.4 Å². The molecule has 0 spiro atoms. The van der Waals surface area contributed by atoms with Crippen molar-refractivity contribution in [2.24, 2.45) is 5.73 Å². The Hall–Kier alpha value is -1.69. The summed E-state index contributed by atoms with van der Waals surface area (Å²) in [5.41, 5.74) is 8.35. The van der Waals surface area contributed by atoms with Gasteiger partial charge < -0.3 is 5.73 Å². The largest absolute Gasteiger partial charge is 0.326 e. The van der Waals surface area contributed by atoms with Gasteiger partial charge in [0.15, 0.2) is 0 Å². The molecular weight excluding hydrogens is 284 g/mol. The number of hydrogen-bond acceptors (Lipinski definition) is 3. The second kappa shape index (κ2) is 6.39. The molecule has 0 fully saturated rings. The van der Waals surface area contributed by atoms with Gasteiger partial charge in [0, 0.05) is 20.1 Å². The maximum Gasteiger partial charge on any atom is 0.243 e. The summed E-state index contributed by atoms with van der Waals surface area (Å²) in [4.78, 5) is 0.280. The fourth-order valence-electron chi connectivity index (χ4n) is 2.24. The molecule has 2 rings (SSSR count). The maximum absolute atomic E-state index is 12.7. The van der Waals surface area contributed by atoms with Gasteiger partial charge in [-0.2, -0.15) is 4.31 Å². The van der Waals surface area contributed by atoms with Gasteiger partial charge in [-0.3, -0.25) is 0 Å². The number of rotatable bonds is 5. The van der Waals surface area contributed by atoms with Crippen molar-refractivity contribution < 1.29 is 8.42 Å². The molecule has 2 aromatic carbocycles. The van der Waals surface area contributed by atoms with E-state index in [1.807, 2.05) is 31.2 Å². The van der Waals surface area contributed by atoms with E-state index in [1.54, 1.807) is 31.3 Å². The minimum atomic E-state index is -3.54. The first-order chi connectivity index (χ1) is 9.95. The normalized spacial score (nSPS) is 11.8. The molecule has 0 aliphatic heterocycles. The summed E-state index contributed by atoms with van der Waals surface area (Å²) in [5, 5.41) is 0. The average Bonchev–Trinajstić information content (AvgIpc) is 2.47. The Kier molecular flexibility index (Phi) is 4.77. The molecule has 0 saturated carbocycles. The molecule has 4 nitrogen and oxygen atoms in total. The van der Waals surface area contributed by atoms with Crippen molar-refractivity contribution >= 4 is 10.0 Å². The minimum Gasteiger partial charge on any atom is -0.326 e. The van der Waals surface area contributed by atoms with Gasteiger partial charge in [0.2, 0.25) is 10.0 Å². The van der Waals surface area contributed by atoms with Crippen LogP contribution in [0, 0.1) is 6.92 Å². The average molecular weight is 304 g/mol. The molecule has 21 heavy (non-hydrogen) atoms. The lowest BCUT2D eigenvalue weighted by atomic mass is 10.1. The van der Waals surface area contributed by atoms with Crippen molar-refractivity contribution in [3.8, 4) is 0 Å². The number of sulfonamides is 1. The summed E-state index contributed by atoms with van der Waals surface area (Å²) in [6.45, 7) is 2.53. The van der Waals surface area contributed by atoms with Crippen LogP contribution in [-0.2, 0) is 23.1 Å². The van der Waals surface area contributed by atoms with Gasteiger partial charge in [0.1, 0.15) is 0 Å². The van der Waals surface area contributed by atoms with Crippen LogP contribution in [0.25, 0.3) is 0 Å². The molecule has 0 aliphatic rings. The van der Waals surface area contributed by atoms with E-state index < -0.39 is 10.0 Å². The van der Waals surface area contributed by atoms with Gasteiger partial charge in [-0.25, -0.2) is 8.42 Å². The van der Waals surface area contributed by atoms with Crippen molar-refractivity contribution in [1.82, 2.24) is 4.31 Å². The van der Waals surface area contributed by atoms with Crippen molar-refractivity contribution in [2.45, 2.75) is 24.9 Å². The second-order valence-electron chi connectivity index (χ2n) is 5.06. The molecule has 0 saturated heterocycles. The summed E-state index contributed by atoms with van der Waals surface area (Å²) < 4.78 is 26.7. The Morgan fingerprint density at radius 2 is 1.81 bits per heavy atom. The maximum atomic E-state index is 12.7. The van der Waals surface area contributed by atoms with Crippen molar-refractivity contribution in [3.63, 3.8) is 0 Å². The van der Waals surface area contributed by atoms with E-state index >= 15 is 0 Å². The van der Waals surface area contributed by atoms with Gasteiger partial charge in [-0.15, -0.1) is 0 Å². The third-order valence-corrected chi connectivity index (χ3v) is 5.27. The zero-order valence-corrected chi connectivity index (χ0v) is 13.1. The van der Waals surface area contributed by atoms with Crippen LogP contribution in [0.2, 0.25) is 0 Å². The third kappa shape index (κ3) is 3.50. The third-order valence-electron chi connectivity index (χ3n) is 3.37. The Morgan fingerprint density at radius 3 is 2.48 bits per heavy atom. The highest BCUT2D eigenvalue weighted by Crippen LogP contribution is 2.20. The molecule has 112 valence electrons. The number of nitrogens with zero attached hydrogens (tertiary/aromatic N) is 1. The smallest absolute Gasteiger partial charge is 0.243 e. The van der Waals surface area contributed by atoms with Gasteiger partial charge in [-0.1, -0.05) is 48.0 Å². The fourth-order valence-corrected chi connectivity index (χ4v) is 3.63. The van der Waals surface area contributed by atoms with E-state index in [4.69, 9.17) is 5.73 Å². The summed E-state index contributed by atoms with van der Waals surface area (Å²) >= 11 is 0. The Morgan fingerprint density at radius 1 is 1.10 bits per heavy atom. The summed E-state index contributed by atoms with van der Waals surface area (Å²) in [6.07, 6.45) is 0. The fraction of sp³-hybridized carbons (Fsp3) is 0.250. The zero-order chi connectivity index (χ0) is 15.5. The van der Waals surface area contributed by atoms with E-state index in [0.29, 0.717) is 12.1 Å². The van der Waals surface area contributed by atoms with Gasteiger partial charge >= 0.3 is 0 Å². The van der Waals surface area contributed by atoms with Gasteiger partial charge in [0.05, 0.1) is 4.90 Å². The number of benzene rings is 2. The molecule has 0 unspecified atom stereocenters. The molecule has 5 heteroatoms. The molecular formula is C16H20N2O2S. The van der Waals surface area contributed by atoms with E-state index in [0.717, 1.165) is 11.1 Å². The van der Waals surface area contributed by atoms with E-state index in [1.165, 1.54) is 4.31 Å². The predicted octanol–water partition coefficient (Wildman–Crippen LogP) is 2.27. The lowest BCUT2D eigenvalue weighted by Gasteiger charge is -2.19. The van der Waals surface area contributed by atoms with Crippen LogP contribution in [0.5, 0.6) is 0 Å². The summed E-state index contributed by atoms with van der Waals surface area (Å²) in [6, 6.07) is 14.7. The highest BCUT2D eigenvalue weighted by Gasteiger charge is 2.23. The molecule has 0 aliphatic carbocycles. The lowest BCUT2D eigenvalue weighted by Crippen LogP contribution is -2.27. The number of nitrogens with two attached hydrogens (primary N) is 1. The number of aryl methyl sites for hydroxylation is 1. The highest BCUT2D eigenvalue weighted by molar-refractivity contribution is 7.89. The van der Waals surface area contributed by atoms with E-state index in [2.05, 4.69) is 0 Å². The molecule has 0 radical (unpaired) electrons. The molecule has 0 aromatic heterocycles. The molecule has 0 atom stereocenters. The monoisotopic (exact) mass is 304 g/mol. The SMILES string of the molecule is Cc1cccc(CN(C)S(=O)(=O)c2ccccc2CN)c1. The Bertz CT molecular complexity index is 727. The second-order valence-corrected chi connectivity index (χ2v) is 7.08. The molecule has 0 amide bonds. The zero-order valence-electron chi connectivity index (χ0n) is 12.3. The first-order valence-corrected chi connectivity index (χ1v) is 8.19. The molecule has 2 aromatic rings. The minimum absolute atomic E-state index is 0.202. The highest BCUT2D eigenvalue weighted by atomic mass is 32.2. The quantitative estimate of drug-likeness (QED) is 0.921. The van der Waals surface area contributed by atoms with Crippen LogP contribution >= 0.6 is 0 Å². The first kappa shape index (κ1) is 15.7. The summed E-state index contributed by atoms with van der Waals surface area (Å²) in [5.74, 6) is 0. The van der Waals surface area contributed by atoms with Crippen molar-refractivity contribution in [3.05, 3.63) is 65.2 Å².